The van der Waals surface area contributed by atoms with Crippen molar-refractivity contribution < 1.29 is 0 Å². The summed E-state index contributed by atoms with van der Waals surface area (Å²) >= 11 is 0. The lowest BCUT2D eigenvalue weighted by Gasteiger charge is -2.33. The molecule has 0 saturated heterocycles. The van der Waals surface area contributed by atoms with Gasteiger partial charge in [-0.15, -0.1) is 0 Å². The summed E-state index contributed by atoms with van der Waals surface area (Å²) in [4.78, 5) is 20.2. The first-order valence-corrected chi connectivity index (χ1v) is 30.5. The Kier molecular flexibility index (Phi) is 18.8. The average Bonchev–Trinajstić information content (AvgIpc) is 3.66. The molecule has 0 bridgehead atoms. The van der Waals surface area contributed by atoms with Gasteiger partial charge in [0.1, 0.15) is 0 Å². The molecular weight excluding hydrogens is 995 g/mol. The fourth-order valence-electron chi connectivity index (χ4n) is 11.5. The van der Waals surface area contributed by atoms with E-state index in [0.717, 1.165) is 57.0 Å². The number of anilines is 6. The van der Waals surface area contributed by atoms with Crippen LogP contribution in [0.5, 0.6) is 0 Å². The molecule has 0 aliphatic carbocycles. The van der Waals surface area contributed by atoms with Crippen LogP contribution >= 0.6 is 0 Å². The molecule has 5 heteroatoms. The predicted octanol–water partition coefficient (Wildman–Crippen LogP) is 22.4. The minimum Gasteiger partial charge on any atom is -0.310 e. The molecular formula is C77H89N5. The van der Waals surface area contributed by atoms with Gasteiger partial charge in [-0.1, -0.05) is 239 Å². The summed E-state index contributed by atoms with van der Waals surface area (Å²) < 4.78 is 0. The van der Waals surface area contributed by atoms with E-state index >= 15 is 0 Å². The maximum atomic E-state index is 5.13. The first kappa shape index (κ1) is 59.0. The third kappa shape index (κ3) is 14.3. The Bertz CT molecular complexity index is 3490. The number of aromatic nitrogens is 3. The van der Waals surface area contributed by atoms with Crippen molar-refractivity contribution in [3.05, 3.63) is 220 Å². The highest BCUT2D eigenvalue weighted by Crippen LogP contribution is 2.45. The lowest BCUT2D eigenvalue weighted by molar-refractivity contribution is 0.556. The topological polar surface area (TPSA) is 45.2 Å². The van der Waals surface area contributed by atoms with Crippen molar-refractivity contribution in [1.29, 1.82) is 0 Å². The second-order valence-corrected chi connectivity index (χ2v) is 25.4. The third-order valence-corrected chi connectivity index (χ3v) is 16.4. The van der Waals surface area contributed by atoms with Gasteiger partial charge in [-0.3, -0.25) is 0 Å². The molecule has 0 atom stereocenters. The fourth-order valence-corrected chi connectivity index (χ4v) is 11.5. The Morgan fingerprint density at radius 2 is 0.585 bits per heavy atom. The van der Waals surface area contributed by atoms with Gasteiger partial charge in [-0.2, -0.15) is 0 Å². The van der Waals surface area contributed by atoms with E-state index in [1.54, 1.807) is 0 Å². The second kappa shape index (κ2) is 26.1. The Labute approximate surface area is 493 Å². The van der Waals surface area contributed by atoms with Crippen molar-refractivity contribution in [1.82, 2.24) is 15.0 Å². The molecule has 0 spiro atoms. The van der Waals surface area contributed by atoms with Crippen molar-refractivity contribution in [2.75, 3.05) is 9.80 Å². The van der Waals surface area contributed by atoms with Crippen molar-refractivity contribution in [3.63, 3.8) is 0 Å². The number of rotatable bonds is 21. The molecule has 1 aromatic heterocycles. The number of hydrogen-bond acceptors (Lipinski definition) is 5. The van der Waals surface area contributed by atoms with Crippen molar-refractivity contribution >= 4 is 34.1 Å². The van der Waals surface area contributed by atoms with Crippen molar-refractivity contribution in [2.45, 2.75) is 171 Å². The first-order chi connectivity index (χ1) is 39.3. The molecule has 82 heavy (non-hydrogen) atoms. The van der Waals surface area contributed by atoms with Gasteiger partial charge in [0.15, 0.2) is 17.5 Å². The van der Waals surface area contributed by atoms with Crippen LogP contribution in [0.1, 0.15) is 163 Å². The molecule has 0 aliphatic heterocycles. The van der Waals surface area contributed by atoms with Crippen LogP contribution in [0.25, 0.3) is 45.3 Å². The smallest absolute Gasteiger partial charge is 0.164 e. The van der Waals surface area contributed by atoms with Gasteiger partial charge in [0, 0.05) is 39.4 Å². The van der Waals surface area contributed by atoms with Gasteiger partial charge in [-0.25, -0.2) is 15.0 Å². The summed E-state index contributed by atoms with van der Waals surface area (Å²) in [7, 11) is 0. The monoisotopic (exact) mass is 1080 g/mol. The molecule has 0 fully saturated rings. The maximum absolute atomic E-state index is 5.13. The zero-order valence-electron chi connectivity index (χ0n) is 51.7. The van der Waals surface area contributed by atoms with Crippen molar-refractivity contribution in [2.24, 2.45) is 0 Å². The molecule has 1 heterocycles. The fraction of sp³-hybridized carbons (Fsp3) is 0.338. The molecule has 8 aromatic carbocycles. The van der Waals surface area contributed by atoms with Gasteiger partial charge in [0.05, 0.1) is 11.4 Å². The van der Waals surface area contributed by atoms with E-state index in [9.17, 15) is 0 Å². The average molecular weight is 1080 g/mol. The molecule has 0 radical (unpaired) electrons. The van der Waals surface area contributed by atoms with E-state index in [1.807, 2.05) is 0 Å². The van der Waals surface area contributed by atoms with Crippen LogP contribution in [0.4, 0.5) is 34.1 Å². The highest BCUT2D eigenvalue weighted by atomic mass is 15.2. The molecule has 5 nitrogen and oxygen atoms in total. The molecule has 9 aromatic rings. The molecule has 9 rings (SSSR count). The third-order valence-electron chi connectivity index (χ3n) is 16.4. The van der Waals surface area contributed by atoms with E-state index in [4.69, 9.17) is 15.0 Å². The zero-order chi connectivity index (χ0) is 58.1. The SMILES string of the molecule is CCCCCCCCCCCCc1ccc(-c2nc(-c3ccc(C)cc3)nc(-c3ccc(-c4ccc(N(c5ccc(N(c6ccc(C)cc6)c6c(C)cc(C(C)(C)C)cc6C)cc5)c5c(C)cc(C(C)(C)C)cc5C)cc4)cc3)n2)cc1. The second-order valence-electron chi connectivity index (χ2n) is 25.4. The van der Waals surface area contributed by atoms with Crippen LogP contribution in [-0.4, -0.2) is 15.0 Å². The Hall–Kier alpha value is -7.63. The summed E-state index contributed by atoms with van der Waals surface area (Å²) in [6, 6.07) is 62.6. The lowest BCUT2D eigenvalue weighted by Crippen LogP contribution is -2.17. The van der Waals surface area contributed by atoms with Crippen LogP contribution in [0.3, 0.4) is 0 Å². The Balaban J connectivity index is 0.999. The summed E-state index contributed by atoms with van der Waals surface area (Å²) in [5, 5.41) is 0. The van der Waals surface area contributed by atoms with E-state index in [2.05, 4.69) is 270 Å². The van der Waals surface area contributed by atoms with E-state index in [0.29, 0.717) is 17.5 Å². The normalized spacial score (nSPS) is 11.8. The van der Waals surface area contributed by atoms with Gasteiger partial charge < -0.3 is 9.80 Å². The summed E-state index contributed by atoms with van der Waals surface area (Å²) in [6.45, 7) is 29.4. The van der Waals surface area contributed by atoms with Crippen LogP contribution in [0, 0.1) is 41.5 Å². The summed E-state index contributed by atoms with van der Waals surface area (Å²) in [5.74, 6) is 2.02. The van der Waals surface area contributed by atoms with Gasteiger partial charge in [0.2, 0.25) is 0 Å². The summed E-state index contributed by atoms with van der Waals surface area (Å²) in [5.41, 5.74) is 23.6. The van der Waals surface area contributed by atoms with Crippen LogP contribution in [-0.2, 0) is 17.3 Å². The minimum atomic E-state index is 0.0195. The van der Waals surface area contributed by atoms with Crippen molar-refractivity contribution in [3.8, 4) is 45.3 Å². The van der Waals surface area contributed by atoms with Crippen LogP contribution in [0.15, 0.2) is 170 Å². The minimum absolute atomic E-state index is 0.0195. The standard InChI is InChI=1S/C77H89N5/c1-14-15-16-17-18-19-20-21-22-23-24-59-29-33-63(34-30-59)74-78-73(62-31-25-53(2)26-32-62)79-75(80-74)64-37-35-60(36-38-64)61-39-43-68(44-40-61)82(72-57(6)51-66(52-58(72)7)77(11,12)13)70-47-45-69(46-48-70)81(67-41-27-54(3)28-42-67)71-55(4)49-65(50-56(71)5)76(8,9)10/h25-52H,14-24H2,1-13H3. The van der Waals surface area contributed by atoms with Gasteiger partial charge in [0.25, 0.3) is 0 Å². The highest BCUT2D eigenvalue weighted by molar-refractivity contribution is 5.86. The number of unbranched alkanes of at least 4 members (excludes halogenated alkanes) is 9. The lowest BCUT2D eigenvalue weighted by atomic mass is 9.84. The Morgan fingerprint density at radius 1 is 0.317 bits per heavy atom. The van der Waals surface area contributed by atoms with E-state index in [-0.39, 0.29) is 10.8 Å². The number of nitrogens with zero attached hydrogens (tertiary/aromatic N) is 5. The first-order valence-electron chi connectivity index (χ1n) is 30.5. The van der Waals surface area contributed by atoms with E-state index < -0.39 is 0 Å². The molecule has 0 unspecified atom stereocenters. The summed E-state index contributed by atoms with van der Waals surface area (Å²) in [6.07, 6.45) is 14.6. The maximum Gasteiger partial charge on any atom is 0.164 e. The van der Waals surface area contributed by atoms with Crippen LogP contribution in [0.2, 0.25) is 0 Å². The zero-order valence-corrected chi connectivity index (χ0v) is 51.7. The largest absolute Gasteiger partial charge is 0.310 e. The number of aryl methyl sites for hydroxylation is 7. The quantitative estimate of drug-likeness (QED) is 0.0671. The molecule has 0 N–H and O–H groups in total. The molecule has 0 aliphatic rings. The van der Waals surface area contributed by atoms with E-state index in [1.165, 1.54) is 126 Å². The number of hydrogen-bond donors (Lipinski definition) is 0. The predicted molar refractivity (Wildman–Crippen MR) is 352 cm³/mol. The molecule has 422 valence electrons. The van der Waals surface area contributed by atoms with Gasteiger partial charge in [-0.05, 0) is 164 Å². The molecule has 0 saturated carbocycles. The molecule has 0 amide bonds. The van der Waals surface area contributed by atoms with Crippen LogP contribution < -0.4 is 9.80 Å². The highest BCUT2D eigenvalue weighted by Gasteiger charge is 2.25. The van der Waals surface area contributed by atoms with Gasteiger partial charge >= 0.3 is 0 Å². The number of benzene rings is 8. The Morgan fingerprint density at radius 3 is 0.939 bits per heavy atom.